The second-order valence-electron chi connectivity index (χ2n) is 5.78. The Bertz CT molecular complexity index is 1190. The second kappa shape index (κ2) is 6.44. The number of rotatable bonds is 3. The third-order valence-corrected chi connectivity index (χ3v) is 4.33. The summed E-state index contributed by atoms with van der Waals surface area (Å²) in [7, 11) is 0. The molecule has 0 unspecified atom stereocenters. The van der Waals surface area contributed by atoms with Crippen molar-refractivity contribution in [3.05, 3.63) is 77.1 Å². The number of benzene rings is 2. The first kappa shape index (κ1) is 17.1. The summed E-state index contributed by atoms with van der Waals surface area (Å²) in [6.07, 6.45) is 1.51. The normalized spacial score (nSPS) is 11.1. The molecule has 0 radical (unpaired) electrons. The zero-order valence-corrected chi connectivity index (χ0v) is 14.4. The first-order valence-electron chi connectivity index (χ1n) is 7.84. The number of carbonyl (C=O) groups excluding carboxylic acids is 1. The van der Waals surface area contributed by atoms with Gasteiger partial charge in [0.15, 0.2) is 5.69 Å². The minimum Gasteiger partial charge on any atom is -0.364 e. The predicted octanol–water partition coefficient (Wildman–Crippen LogP) is 4.12. The lowest BCUT2D eigenvalue weighted by atomic mass is 10.1. The van der Waals surface area contributed by atoms with Crippen molar-refractivity contribution >= 4 is 28.4 Å². The van der Waals surface area contributed by atoms with E-state index in [-0.39, 0.29) is 17.0 Å². The van der Waals surface area contributed by atoms with Crippen molar-refractivity contribution in [1.29, 1.82) is 0 Å². The Kier molecular flexibility index (Phi) is 4.08. The van der Waals surface area contributed by atoms with E-state index in [4.69, 9.17) is 17.3 Å². The van der Waals surface area contributed by atoms with E-state index in [9.17, 15) is 13.6 Å². The zero-order valence-electron chi connectivity index (χ0n) is 13.7. The van der Waals surface area contributed by atoms with Crippen LogP contribution in [0, 0.1) is 11.6 Å². The van der Waals surface area contributed by atoms with Crippen LogP contribution in [0.25, 0.3) is 27.8 Å². The maximum absolute atomic E-state index is 14.4. The van der Waals surface area contributed by atoms with Gasteiger partial charge in [0.1, 0.15) is 11.6 Å². The topological polar surface area (TPSA) is 73.8 Å². The van der Waals surface area contributed by atoms with Crippen molar-refractivity contribution in [3.8, 4) is 16.9 Å². The van der Waals surface area contributed by atoms with E-state index >= 15 is 0 Å². The van der Waals surface area contributed by atoms with Crippen LogP contribution < -0.4 is 5.73 Å². The van der Waals surface area contributed by atoms with Crippen LogP contribution >= 0.6 is 11.6 Å². The van der Waals surface area contributed by atoms with E-state index in [1.807, 2.05) is 0 Å². The standard InChI is InChI=1S/C19H11ClF2N4O/c20-10-4-5-11-14(8-10)24-7-6-16(11)26-17(9-15(25-26)19(23)27)18-12(21)2-1-3-13(18)22/h1-9H,(H2,23,27). The smallest absolute Gasteiger partial charge is 0.269 e. The first-order chi connectivity index (χ1) is 13.0. The Hall–Kier alpha value is -3.32. The van der Waals surface area contributed by atoms with Gasteiger partial charge in [0.25, 0.3) is 5.91 Å². The van der Waals surface area contributed by atoms with E-state index in [0.29, 0.717) is 21.6 Å². The molecule has 0 aliphatic rings. The average Bonchev–Trinajstić information content (AvgIpc) is 3.06. The summed E-state index contributed by atoms with van der Waals surface area (Å²) in [5.41, 5.74) is 6.00. The Labute approximate surface area is 157 Å². The number of nitrogens with two attached hydrogens (primary N) is 1. The summed E-state index contributed by atoms with van der Waals surface area (Å²) in [4.78, 5) is 15.9. The Morgan fingerprint density at radius 2 is 1.81 bits per heavy atom. The molecular weight excluding hydrogens is 374 g/mol. The van der Waals surface area contributed by atoms with E-state index in [2.05, 4.69) is 10.1 Å². The molecule has 5 nitrogen and oxygen atoms in total. The summed E-state index contributed by atoms with van der Waals surface area (Å²) in [5.74, 6) is -2.38. The first-order valence-corrected chi connectivity index (χ1v) is 8.22. The SMILES string of the molecule is NC(=O)c1cc(-c2c(F)cccc2F)n(-c2ccnc3cc(Cl)ccc23)n1. The lowest BCUT2D eigenvalue weighted by Gasteiger charge is -2.11. The number of primary amides is 1. The van der Waals surface area contributed by atoms with Crippen LogP contribution in [0.1, 0.15) is 10.5 Å². The predicted molar refractivity (Wildman–Crippen MR) is 97.7 cm³/mol. The van der Waals surface area contributed by atoms with Gasteiger partial charge in [0.05, 0.1) is 22.5 Å². The number of carbonyl (C=O) groups is 1. The van der Waals surface area contributed by atoms with Crippen molar-refractivity contribution < 1.29 is 13.6 Å². The summed E-state index contributed by atoms with van der Waals surface area (Å²) < 4.78 is 30.0. The van der Waals surface area contributed by atoms with Gasteiger partial charge in [-0.05, 0) is 42.5 Å². The molecule has 4 aromatic rings. The fraction of sp³-hybridized carbons (Fsp3) is 0. The molecule has 2 heterocycles. The van der Waals surface area contributed by atoms with Crippen LogP contribution in [0.4, 0.5) is 8.78 Å². The monoisotopic (exact) mass is 384 g/mol. The van der Waals surface area contributed by atoms with Gasteiger partial charge in [0, 0.05) is 16.6 Å². The highest BCUT2D eigenvalue weighted by atomic mass is 35.5. The van der Waals surface area contributed by atoms with E-state index < -0.39 is 17.5 Å². The van der Waals surface area contributed by atoms with Crippen LogP contribution in [0.2, 0.25) is 5.02 Å². The molecule has 0 saturated carbocycles. The van der Waals surface area contributed by atoms with Gasteiger partial charge in [0.2, 0.25) is 0 Å². The van der Waals surface area contributed by atoms with Crippen LogP contribution in [0.15, 0.2) is 54.7 Å². The molecule has 0 atom stereocenters. The van der Waals surface area contributed by atoms with Gasteiger partial charge in [-0.3, -0.25) is 9.78 Å². The number of amides is 1. The van der Waals surface area contributed by atoms with E-state index in [0.717, 1.165) is 12.1 Å². The summed E-state index contributed by atoms with van der Waals surface area (Å²) in [5, 5.41) is 5.29. The minimum absolute atomic E-state index is 0.0573. The summed E-state index contributed by atoms with van der Waals surface area (Å²) >= 11 is 6.01. The fourth-order valence-electron chi connectivity index (χ4n) is 2.90. The third-order valence-electron chi connectivity index (χ3n) is 4.09. The number of aromatic nitrogens is 3. The molecule has 0 aliphatic heterocycles. The van der Waals surface area contributed by atoms with Crippen molar-refractivity contribution in [2.45, 2.75) is 0 Å². The molecule has 4 rings (SSSR count). The molecule has 0 fully saturated rings. The third kappa shape index (κ3) is 2.92. The molecule has 2 N–H and O–H groups in total. The maximum atomic E-state index is 14.4. The van der Waals surface area contributed by atoms with Gasteiger partial charge in [-0.25, -0.2) is 13.5 Å². The quantitative estimate of drug-likeness (QED) is 0.577. The van der Waals surface area contributed by atoms with Gasteiger partial charge in [-0.2, -0.15) is 5.10 Å². The molecule has 2 aromatic carbocycles. The number of pyridine rings is 1. The van der Waals surface area contributed by atoms with Crippen LogP contribution in [0.3, 0.4) is 0 Å². The van der Waals surface area contributed by atoms with Gasteiger partial charge < -0.3 is 5.73 Å². The number of hydrogen-bond donors (Lipinski definition) is 1. The van der Waals surface area contributed by atoms with Crippen LogP contribution in [-0.2, 0) is 0 Å². The molecule has 27 heavy (non-hydrogen) atoms. The van der Waals surface area contributed by atoms with Crippen LogP contribution in [0.5, 0.6) is 0 Å². The molecule has 1 amide bonds. The molecule has 0 bridgehead atoms. The second-order valence-corrected chi connectivity index (χ2v) is 6.22. The van der Waals surface area contributed by atoms with E-state index in [1.165, 1.54) is 23.0 Å². The highest BCUT2D eigenvalue weighted by molar-refractivity contribution is 6.31. The van der Waals surface area contributed by atoms with Gasteiger partial charge >= 0.3 is 0 Å². The highest BCUT2D eigenvalue weighted by Gasteiger charge is 2.21. The van der Waals surface area contributed by atoms with Gasteiger partial charge in [-0.1, -0.05) is 17.7 Å². The largest absolute Gasteiger partial charge is 0.364 e. The molecule has 0 saturated heterocycles. The van der Waals surface area contributed by atoms with Crippen molar-refractivity contribution in [2.75, 3.05) is 0 Å². The van der Waals surface area contributed by atoms with Gasteiger partial charge in [-0.15, -0.1) is 0 Å². The molecule has 134 valence electrons. The lowest BCUT2D eigenvalue weighted by molar-refractivity contribution is 0.0995. The van der Waals surface area contributed by atoms with E-state index in [1.54, 1.807) is 24.3 Å². The molecule has 0 aliphatic carbocycles. The van der Waals surface area contributed by atoms with Crippen molar-refractivity contribution in [2.24, 2.45) is 5.73 Å². The highest BCUT2D eigenvalue weighted by Crippen LogP contribution is 2.31. The lowest BCUT2D eigenvalue weighted by Crippen LogP contribution is -2.12. The minimum atomic E-state index is -0.812. The molecular formula is C19H11ClF2N4O. The fourth-order valence-corrected chi connectivity index (χ4v) is 3.06. The number of halogens is 3. The molecule has 8 heteroatoms. The number of hydrogen-bond acceptors (Lipinski definition) is 3. The molecule has 0 spiro atoms. The zero-order chi connectivity index (χ0) is 19.1. The van der Waals surface area contributed by atoms with Crippen molar-refractivity contribution in [1.82, 2.24) is 14.8 Å². The summed E-state index contributed by atoms with van der Waals surface area (Å²) in [6.45, 7) is 0. The Morgan fingerprint density at radius 3 is 2.52 bits per heavy atom. The van der Waals surface area contributed by atoms with Crippen LogP contribution in [-0.4, -0.2) is 20.7 Å². The molecule has 2 aromatic heterocycles. The Balaban J connectivity index is 2.06. The number of fused-ring (bicyclic) bond motifs is 1. The maximum Gasteiger partial charge on any atom is 0.269 e. The summed E-state index contributed by atoms with van der Waals surface area (Å²) in [6, 6.07) is 11.4. The average molecular weight is 385 g/mol. The Morgan fingerprint density at radius 1 is 1.07 bits per heavy atom. The van der Waals surface area contributed by atoms with Crippen molar-refractivity contribution in [3.63, 3.8) is 0 Å². The number of nitrogens with zero attached hydrogens (tertiary/aromatic N) is 3.